The van der Waals surface area contributed by atoms with Gasteiger partial charge in [-0.15, -0.1) is 0 Å². The highest BCUT2D eigenvalue weighted by Crippen LogP contribution is 2.24. The Hall–Kier alpha value is -0.120. The second-order valence-corrected chi connectivity index (χ2v) is 3.29. The maximum Gasteiger partial charge on any atom is 0.0640 e. The molecule has 10 heavy (non-hydrogen) atoms. The van der Waals surface area contributed by atoms with Crippen molar-refractivity contribution in [2.75, 3.05) is 19.7 Å². The molecular weight excluding hydrogens is 130 g/mol. The number of hydrogen-bond acceptors (Lipinski definition) is 3. The van der Waals surface area contributed by atoms with Gasteiger partial charge < -0.3 is 15.5 Å². The van der Waals surface area contributed by atoms with Gasteiger partial charge in [-0.25, -0.2) is 0 Å². The average molecular weight is 145 g/mol. The molecule has 1 aliphatic rings. The van der Waals surface area contributed by atoms with Crippen LogP contribution >= 0.6 is 0 Å². The Labute approximate surface area is 61.1 Å². The molecule has 0 aliphatic carbocycles. The minimum atomic E-state index is -0.348. The highest BCUT2D eigenvalue weighted by molar-refractivity contribution is 4.87. The van der Waals surface area contributed by atoms with Crippen LogP contribution in [0.1, 0.15) is 13.3 Å². The van der Waals surface area contributed by atoms with E-state index in [2.05, 4.69) is 5.32 Å². The quantitative estimate of drug-likeness (QED) is 0.459. The lowest BCUT2D eigenvalue weighted by Crippen LogP contribution is -2.50. The fraction of sp³-hybridized carbons (Fsp3) is 1.00. The van der Waals surface area contributed by atoms with E-state index in [9.17, 15) is 5.11 Å². The van der Waals surface area contributed by atoms with Gasteiger partial charge in [0.05, 0.1) is 12.7 Å². The molecule has 3 nitrogen and oxygen atoms in total. The van der Waals surface area contributed by atoms with Crippen molar-refractivity contribution in [2.45, 2.75) is 19.4 Å². The van der Waals surface area contributed by atoms with Gasteiger partial charge in [0.2, 0.25) is 0 Å². The maximum absolute atomic E-state index is 9.43. The molecule has 1 rings (SSSR count). The van der Waals surface area contributed by atoms with Gasteiger partial charge in [0, 0.05) is 12.0 Å². The molecule has 1 heterocycles. The van der Waals surface area contributed by atoms with E-state index >= 15 is 0 Å². The van der Waals surface area contributed by atoms with Crippen LogP contribution in [0.2, 0.25) is 0 Å². The first-order valence-electron chi connectivity index (χ1n) is 3.69. The molecule has 0 amide bonds. The zero-order chi connectivity index (χ0) is 7.61. The molecule has 1 saturated heterocycles. The summed E-state index contributed by atoms with van der Waals surface area (Å²) >= 11 is 0. The van der Waals surface area contributed by atoms with E-state index in [0.717, 1.165) is 13.0 Å². The van der Waals surface area contributed by atoms with E-state index < -0.39 is 0 Å². The van der Waals surface area contributed by atoms with E-state index in [4.69, 9.17) is 5.11 Å². The first-order valence-corrected chi connectivity index (χ1v) is 3.69. The minimum Gasteiger partial charge on any atom is -0.396 e. The van der Waals surface area contributed by atoms with Crippen LogP contribution in [-0.2, 0) is 0 Å². The van der Waals surface area contributed by atoms with Crippen LogP contribution in [0.3, 0.4) is 0 Å². The van der Waals surface area contributed by atoms with Crippen molar-refractivity contribution in [3.05, 3.63) is 0 Å². The van der Waals surface area contributed by atoms with Gasteiger partial charge in [-0.3, -0.25) is 0 Å². The molecule has 2 atom stereocenters. The Morgan fingerprint density at radius 3 is 2.80 bits per heavy atom. The Morgan fingerprint density at radius 2 is 2.40 bits per heavy atom. The molecule has 0 bridgehead atoms. The van der Waals surface area contributed by atoms with Gasteiger partial charge in [0.25, 0.3) is 0 Å². The number of piperidine rings is 1. The first kappa shape index (κ1) is 7.98. The summed E-state index contributed by atoms with van der Waals surface area (Å²) in [5.74, 6) is 0. The molecule has 3 heteroatoms. The van der Waals surface area contributed by atoms with E-state index in [1.54, 1.807) is 0 Å². The van der Waals surface area contributed by atoms with E-state index in [0.29, 0.717) is 6.54 Å². The van der Waals surface area contributed by atoms with Gasteiger partial charge in [-0.1, -0.05) is 6.92 Å². The highest BCUT2D eigenvalue weighted by atomic mass is 16.3. The summed E-state index contributed by atoms with van der Waals surface area (Å²) in [4.78, 5) is 0. The highest BCUT2D eigenvalue weighted by Gasteiger charge is 2.34. The molecule has 0 aromatic heterocycles. The summed E-state index contributed by atoms with van der Waals surface area (Å²) in [6, 6.07) is 0. The lowest BCUT2D eigenvalue weighted by Gasteiger charge is -2.37. The monoisotopic (exact) mass is 145 g/mol. The summed E-state index contributed by atoms with van der Waals surface area (Å²) in [7, 11) is 0. The summed E-state index contributed by atoms with van der Waals surface area (Å²) in [5, 5.41) is 21.5. The van der Waals surface area contributed by atoms with E-state index in [1.807, 2.05) is 6.92 Å². The fourth-order valence-electron chi connectivity index (χ4n) is 1.24. The van der Waals surface area contributed by atoms with Gasteiger partial charge in [0.1, 0.15) is 0 Å². The number of rotatable bonds is 1. The Kier molecular flexibility index (Phi) is 2.28. The van der Waals surface area contributed by atoms with Gasteiger partial charge in [-0.2, -0.15) is 0 Å². The summed E-state index contributed by atoms with van der Waals surface area (Å²) in [6.07, 6.45) is 0.399. The molecule has 1 fully saturated rings. The third kappa shape index (κ3) is 1.31. The van der Waals surface area contributed by atoms with E-state index in [1.165, 1.54) is 0 Å². The molecule has 0 aromatic rings. The van der Waals surface area contributed by atoms with Crippen LogP contribution in [-0.4, -0.2) is 36.0 Å². The average Bonchev–Trinajstić information content (AvgIpc) is 1.96. The molecule has 0 aromatic carbocycles. The lowest BCUT2D eigenvalue weighted by atomic mass is 9.81. The zero-order valence-electron chi connectivity index (χ0n) is 6.30. The molecule has 3 N–H and O–H groups in total. The summed E-state index contributed by atoms with van der Waals surface area (Å²) < 4.78 is 0. The third-order valence-corrected chi connectivity index (χ3v) is 2.29. The van der Waals surface area contributed by atoms with Gasteiger partial charge in [-0.05, 0) is 13.0 Å². The van der Waals surface area contributed by atoms with Crippen molar-refractivity contribution >= 4 is 0 Å². The fourth-order valence-corrected chi connectivity index (χ4v) is 1.24. The third-order valence-electron chi connectivity index (χ3n) is 2.29. The topological polar surface area (TPSA) is 52.5 Å². The predicted octanol–water partition coefficient (Wildman–Crippen LogP) is -0.661. The number of nitrogens with one attached hydrogen (secondary N) is 1. The molecule has 1 aliphatic heterocycles. The van der Waals surface area contributed by atoms with Crippen molar-refractivity contribution in [3.63, 3.8) is 0 Å². The van der Waals surface area contributed by atoms with Crippen LogP contribution in [0.4, 0.5) is 0 Å². The Balaban J connectivity index is 2.54. The number of aliphatic hydroxyl groups is 2. The van der Waals surface area contributed by atoms with Crippen LogP contribution in [0.5, 0.6) is 0 Å². The standard InChI is InChI=1S/C7H15NO2/c1-7(5-9)4-8-3-2-6(7)10/h6,8-10H,2-5H2,1H3/t6-,7-/m1/s1. The predicted molar refractivity (Wildman–Crippen MR) is 38.7 cm³/mol. The second-order valence-electron chi connectivity index (χ2n) is 3.29. The van der Waals surface area contributed by atoms with Crippen LogP contribution < -0.4 is 5.32 Å². The van der Waals surface area contributed by atoms with Crippen molar-refractivity contribution in [2.24, 2.45) is 5.41 Å². The first-order chi connectivity index (χ1) is 4.69. The van der Waals surface area contributed by atoms with Crippen LogP contribution in [0.25, 0.3) is 0 Å². The smallest absolute Gasteiger partial charge is 0.0640 e. The van der Waals surface area contributed by atoms with Gasteiger partial charge >= 0.3 is 0 Å². The molecule has 0 spiro atoms. The molecule has 60 valence electrons. The van der Waals surface area contributed by atoms with Crippen LogP contribution in [0.15, 0.2) is 0 Å². The van der Waals surface area contributed by atoms with E-state index in [-0.39, 0.29) is 18.1 Å². The lowest BCUT2D eigenvalue weighted by molar-refractivity contribution is -0.0246. The SMILES string of the molecule is C[C@]1(CO)CNCC[C@H]1O. The number of aliphatic hydroxyl groups excluding tert-OH is 2. The van der Waals surface area contributed by atoms with Crippen LogP contribution in [0, 0.1) is 5.41 Å². The van der Waals surface area contributed by atoms with Gasteiger partial charge in [0.15, 0.2) is 0 Å². The molecule has 0 saturated carbocycles. The van der Waals surface area contributed by atoms with Crippen molar-refractivity contribution in [3.8, 4) is 0 Å². The second kappa shape index (κ2) is 2.86. The largest absolute Gasteiger partial charge is 0.396 e. The van der Waals surface area contributed by atoms with Crippen molar-refractivity contribution in [1.29, 1.82) is 0 Å². The maximum atomic E-state index is 9.43. The normalized spacial score (nSPS) is 41.7. The minimum absolute atomic E-state index is 0.0567. The Bertz CT molecular complexity index is 118. The molecule has 0 radical (unpaired) electrons. The molecular formula is C7H15NO2. The zero-order valence-corrected chi connectivity index (χ0v) is 6.30. The summed E-state index contributed by atoms with van der Waals surface area (Å²) in [5.41, 5.74) is -0.321. The Morgan fingerprint density at radius 1 is 1.70 bits per heavy atom. The van der Waals surface area contributed by atoms with Crippen molar-refractivity contribution in [1.82, 2.24) is 5.32 Å². The number of hydrogen-bond donors (Lipinski definition) is 3. The molecule has 0 unspecified atom stereocenters. The summed E-state index contributed by atoms with van der Waals surface area (Å²) in [6.45, 7) is 3.52. The van der Waals surface area contributed by atoms with Crippen molar-refractivity contribution < 1.29 is 10.2 Å².